The third-order valence-electron chi connectivity index (χ3n) is 2.41. The van der Waals surface area contributed by atoms with E-state index in [-0.39, 0.29) is 6.04 Å². The van der Waals surface area contributed by atoms with Crippen LogP contribution in [0.5, 0.6) is 0 Å². The number of nitrogens with two attached hydrogens (primary N) is 1. The van der Waals surface area contributed by atoms with Crippen LogP contribution in [0.3, 0.4) is 0 Å². The van der Waals surface area contributed by atoms with Gasteiger partial charge in [0.1, 0.15) is 0 Å². The topological polar surface area (TPSA) is 50.9 Å². The first-order valence-corrected chi connectivity index (χ1v) is 7.04. The van der Waals surface area contributed by atoms with Gasteiger partial charge in [-0.25, -0.2) is 0 Å². The molecule has 0 aliphatic carbocycles. The Bertz CT molecular complexity index is 503. The van der Waals surface area contributed by atoms with Crippen LogP contribution in [-0.4, -0.2) is 4.98 Å². The van der Waals surface area contributed by atoms with Gasteiger partial charge in [0.05, 0.1) is 11.1 Å². The van der Waals surface area contributed by atoms with E-state index in [4.69, 9.17) is 17.4 Å². The van der Waals surface area contributed by atoms with Crippen molar-refractivity contribution in [2.75, 3.05) is 0 Å². The predicted octanol–water partition coefficient (Wildman–Crippen LogP) is 3.31. The predicted molar refractivity (Wildman–Crippen MR) is 75.0 cm³/mol. The van der Waals surface area contributed by atoms with Gasteiger partial charge in [0.2, 0.25) is 0 Å². The molecule has 0 fully saturated rings. The van der Waals surface area contributed by atoms with Crippen LogP contribution in [0.4, 0.5) is 0 Å². The summed E-state index contributed by atoms with van der Waals surface area (Å²) >= 11 is 11.2. The monoisotopic (exact) mass is 331 g/mol. The van der Waals surface area contributed by atoms with Gasteiger partial charge in [-0.1, -0.05) is 11.6 Å². The van der Waals surface area contributed by atoms with E-state index in [9.17, 15) is 0 Å². The summed E-state index contributed by atoms with van der Waals surface area (Å²) in [5.74, 6) is 5.59. The summed E-state index contributed by atoms with van der Waals surface area (Å²) in [5, 5.41) is 2.68. The van der Waals surface area contributed by atoms with Gasteiger partial charge in [0.25, 0.3) is 0 Å². The van der Waals surface area contributed by atoms with Crippen molar-refractivity contribution >= 4 is 38.9 Å². The first-order chi connectivity index (χ1) is 8.20. The third-order valence-corrected chi connectivity index (χ3v) is 4.44. The van der Waals surface area contributed by atoms with Gasteiger partial charge in [-0.2, -0.15) is 0 Å². The van der Waals surface area contributed by atoms with E-state index in [1.165, 1.54) is 4.88 Å². The van der Waals surface area contributed by atoms with Gasteiger partial charge in [-0.3, -0.25) is 16.3 Å². The fourth-order valence-corrected chi connectivity index (χ4v) is 3.34. The highest BCUT2D eigenvalue weighted by Gasteiger charge is 2.14. The van der Waals surface area contributed by atoms with Crippen molar-refractivity contribution in [2.45, 2.75) is 12.5 Å². The second-order valence-electron chi connectivity index (χ2n) is 3.55. The molecule has 0 spiro atoms. The first kappa shape index (κ1) is 13.0. The van der Waals surface area contributed by atoms with Crippen LogP contribution in [0.1, 0.15) is 16.5 Å². The Morgan fingerprint density at radius 2 is 2.41 bits per heavy atom. The molecule has 2 rings (SSSR count). The van der Waals surface area contributed by atoms with Crippen LogP contribution < -0.4 is 11.3 Å². The lowest BCUT2D eigenvalue weighted by atomic mass is 10.1. The lowest BCUT2D eigenvalue weighted by Crippen LogP contribution is -2.29. The maximum atomic E-state index is 6.11. The molecule has 1 unspecified atom stereocenters. The SMILES string of the molecule is NNC(Cc1cc(Br)cs1)c1ccncc1Cl. The molecular formula is C11H11BrClN3S. The van der Waals surface area contributed by atoms with E-state index in [1.807, 2.05) is 6.07 Å². The highest BCUT2D eigenvalue weighted by atomic mass is 79.9. The fourth-order valence-electron chi connectivity index (χ4n) is 1.59. The summed E-state index contributed by atoms with van der Waals surface area (Å²) in [5.41, 5.74) is 3.76. The maximum absolute atomic E-state index is 6.11. The number of aromatic nitrogens is 1. The molecular weight excluding hydrogens is 322 g/mol. The second-order valence-corrected chi connectivity index (χ2v) is 5.87. The van der Waals surface area contributed by atoms with Crippen LogP contribution >= 0.6 is 38.9 Å². The summed E-state index contributed by atoms with van der Waals surface area (Å²) in [6, 6.07) is 3.97. The normalized spacial score (nSPS) is 12.6. The molecule has 0 saturated heterocycles. The van der Waals surface area contributed by atoms with Crippen LogP contribution in [0.2, 0.25) is 5.02 Å². The molecule has 17 heavy (non-hydrogen) atoms. The van der Waals surface area contributed by atoms with Crippen molar-refractivity contribution < 1.29 is 0 Å². The molecule has 2 aromatic heterocycles. The molecule has 2 heterocycles. The molecule has 0 saturated carbocycles. The third kappa shape index (κ3) is 3.26. The molecule has 6 heteroatoms. The zero-order chi connectivity index (χ0) is 12.3. The number of hydrazine groups is 1. The van der Waals surface area contributed by atoms with Crippen LogP contribution in [-0.2, 0) is 6.42 Å². The number of hydrogen-bond acceptors (Lipinski definition) is 4. The second kappa shape index (κ2) is 5.93. The van der Waals surface area contributed by atoms with Gasteiger partial charge in [-0.05, 0) is 33.6 Å². The van der Waals surface area contributed by atoms with Crippen LogP contribution in [0, 0.1) is 0 Å². The molecule has 1 atom stereocenters. The quantitative estimate of drug-likeness (QED) is 0.667. The standard InChI is InChI=1S/C11H11BrClN3S/c12-7-3-8(17-6-7)4-11(16-14)9-1-2-15-5-10(9)13/h1-3,5-6,11,16H,4,14H2. The van der Waals surface area contributed by atoms with Crippen molar-refractivity contribution in [1.82, 2.24) is 10.4 Å². The summed E-state index contributed by atoms with van der Waals surface area (Å²) in [7, 11) is 0. The summed E-state index contributed by atoms with van der Waals surface area (Å²) in [4.78, 5) is 5.21. The van der Waals surface area contributed by atoms with Crippen molar-refractivity contribution in [2.24, 2.45) is 5.84 Å². The van der Waals surface area contributed by atoms with E-state index >= 15 is 0 Å². The Balaban J connectivity index is 2.20. The molecule has 0 radical (unpaired) electrons. The maximum Gasteiger partial charge on any atom is 0.0637 e. The Labute approximate surface area is 117 Å². The summed E-state index contributed by atoms with van der Waals surface area (Å²) < 4.78 is 1.09. The molecule has 0 aliphatic rings. The van der Waals surface area contributed by atoms with Crippen molar-refractivity contribution in [3.8, 4) is 0 Å². The lowest BCUT2D eigenvalue weighted by Gasteiger charge is -2.16. The highest BCUT2D eigenvalue weighted by molar-refractivity contribution is 9.10. The number of nitrogens with zero attached hydrogens (tertiary/aromatic N) is 1. The molecule has 0 amide bonds. The lowest BCUT2D eigenvalue weighted by molar-refractivity contribution is 0.555. The molecule has 3 nitrogen and oxygen atoms in total. The molecule has 3 N–H and O–H groups in total. The molecule has 0 aromatic carbocycles. The zero-order valence-corrected chi connectivity index (χ0v) is 12.0. The van der Waals surface area contributed by atoms with Crippen LogP contribution in [0.25, 0.3) is 0 Å². The molecule has 90 valence electrons. The van der Waals surface area contributed by atoms with E-state index in [0.29, 0.717) is 5.02 Å². The number of nitrogens with one attached hydrogen (secondary N) is 1. The molecule has 2 aromatic rings. The Morgan fingerprint density at radius 1 is 1.59 bits per heavy atom. The minimum atomic E-state index is -0.00366. The van der Waals surface area contributed by atoms with Crippen molar-refractivity contribution in [1.29, 1.82) is 0 Å². The van der Waals surface area contributed by atoms with Gasteiger partial charge in [0, 0.05) is 33.5 Å². The van der Waals surface area contributed by atoms with Gasteiger partial charge >= 0.3 is 0 Å². The van der Waals surface area contributed by atoms with Gasteiger partial charge < -0.3 is 0 Å². The number of pyridine rings is 1. The highest BCUT2D eigenvalue weighted by Crippen LogP contribution is 2.28. The average Bonchev–Trinajstić information content (AvgIpc) is 2.73. The van der Waals surface area contributed by atoms with E-state index in [0.717, 1.165) is 16.5 Å². The Hall–Kier alpha value is -0.460. The molecule has 0 aliphatic heterocycles. The van der Waals surface area contributed by atoms with Crippen LogP contribution in [0.15, 0.2) is 34.4 Å². The Kier molecular flexibility index (Phi) is 4.53. The zero-order valence-electron chi connectivity index (χ0n) is 8.86. The van der Waals surface area contributed by atoms with E-state index in [2.05, 4.69) is 37.8 Å². The van der Waals surface area contributed by atoms with E-state index < -0.39 is 0 Å². The van der Waals surface area contributed by atoms with E-state index in [1.54, 1.807) is 23.7 Å². The minimum absolute atomic E-state index is 0.00366. The summed E-state index contributed by atoms with van der Waals surface area (Å²) in [6.45, 7) is 0. The first-order valence-electron chi connectivity index (χ1n) is 4.99. The molecule has 0 bridgehead atoms. The minimum Gasteiger partial charge on any atom is -0.271 e. The number of thiophene rings is 1. The van der Waals surface area contributed by atoms with Crippen molar-refractivity contribution in [3.05, 3.63) is 49.8 Å². The number of hydrogen-bond donors (Lipinski definition) is 2. The smallest absolute Gasteiger partial charge is 0.0637 e. The number of rotatable bonds is 4. The van der Waals surface area contributed by atoms with Gasteiger partial charge in [0.15, 0.2) is 0 Å². The average molecular weight is 333 g/mol. The largest absolute Gasteiger partial charge is 0.271 e. The summed E-state index contributed by atoms with van der Waals surface area (Å²) in [6.07, 6.45) is 4.15. The fraction of sp³-hybridized carbons (Fsp3) is 0.182. The van der Waals surface area contributed by atoms with Gasteiger partial charge in [-0.15, -0.1) is 11.3 Å². The Morgan fingerprint density at radius 3 is 3.00 bits per heavy atom. The number of halogens is 2. The van der Waals surface area contributed by atoms with Crippen molar-refractivity contribution in [3.63, 3.8) is 0 Å².